The number of nitrogens with zero attached hydrogens (tertiary/aromatic N) is 1. The van der Waals surface area contributed by atoms with E-state index in [0.717, 1.165) is 11.3 Å². The molecule has 2 N–H and O–H groups in total. The monoisotopic (exact) mass is 253 g/mol. The molecule has 0 saturated heterocycles. The van der Waals surface area contributed by atoms with E-state index in [0.29, 0.717) is 23.7 Å². The number of nitrogens with one attached hydrogen (secondary N) is 2. The van der Waals surface area contributed by atoms with Gasteiger partial charge in [-0.15, -0.1) is 0 Å². The highest BCUT2D eigenvalue weighted by Gasteiger charge is 2.04. The molecule has 1 aromatic heterocycles. The third kappa shape index (κ3) is 3.05. The Morgan fingerprint density at radius 1 is 1.35 bits per heavy atom. The Hall–Kier alpha value is -1.39. The van der Waals surface area contributed by atoms with E-state index in [-0.39, 0.29) is 5.82 Å². The van der Waals surface area contributed by atoms with Crippen molar-refractivity contribution in [1.82, 2.24) is 15.5 Å². The molecule has 2 rings (SSSR count). The first-order valence-corrected chi connectivity index (χ1v) is 5.68. The predicted octanol–water partition coefficient (Wildman–Crippen LogP) is 2.80. The van der Waals surface area contributed by atoms with Gasteiger partial charge in [-0.25, -0.2) is 4.39 Å². The topological polar surface area (TPSA) is 40.7 Å². The van der Waals surface area contributed by atoms with Gasteiger partial charge >= 0.3 is 0 Å². The Morgan fingerprint density at radius 3 is 2.76 bits per heavy atom. The number of aryl methyl sites for hydroxylation is 1. The van der Waals surface area contributed by atoms with Crippen LogP contribution in [0, 0.1) is 12.7 Å². The van der Waals surface area contributed by atoms with E-state index in [1.54, 1.807) is 18.3 Å². The maximum atomic E-state index is 13.5. The molecule has 0 bridgehead atoms. The zero-order chi connectivity index (χ0) is 12.3. The Balaban J connectivity index is 1.92. The van der Waals surface area contributed by atoms with Gasteiger partial charge in [0.25, 0.3) is 0 Å². The van der Waals surface area contributed by atoms with Crippen LogP contribution in [0.15, 0.2) is 24.4 Å². The molecule has 0 atom stereocenters. The van der Waals surface area contributed by atoms with Crippen LogP contribution in [-0.2, 0) is 13.1 Å². The van der Waals surface area contributed by atoms with Crippen LogP contribution in [0.2, 0.25) is 5.02 Å². The van der Waals surface area contributed by atoms with Gasteiger partial charge in [-0.1, -0.05) is 17.7 Å². The van der Waals surface area contributed by atoms with E-state index in [1.807, 2.05) is 6.92 Å². The highest BCUT2D eigenvalue weighted by atomic mass is 35.5. The van der Waals surface area contributed by atoms with Gasteiger partial charge in [0, 0.05) is 34.9 Å². The third-order valence-corrected chi connectivity index (χ3v) is 2.82. The second-order valence-electron chi connectivity index (χ2n) is 3.86. The van der Waals surface area contributed by atoms with Crippen molar-refractivity contribution in [3.63, 3.8) is 0 Å². The van der Waals surface area contributed by atoms with Crippen LogP contribution in [0.4, 0.5) is 4.39 Å². The van der Waals surface area contributed by atoms with Gasteiger partial charge in [0.05, 0.1) is 6.20 Å². The van der Waals surface area contributed by atoms with E-state index >= 15 is 0 Å². The zero-order valence-corrected chi connectivity index (χ0v) is 10.2. The summed E-state index contributed by atoms with van der Waals surface area (Å²) in [4.78, 5) is 0. The fourth-order valence-electron chi connectivity index (χ4n) is 1.55. The first-order chi connectivity index (χ1) is 8.16. The summed E-state index contributed by atoms with van der Waals surface area (Å²) >= 11 is 5.68. The van der Waals surface area contributed by atoms with E-state index in [1.165, 1.54) is 6.07 Å². The molecule has 1 aromatic carbocycles. The van der Waals surface area contributed by atoms with Gasteiger partial charge in [-0.05, 0) is 19.1 Å². The maximum absolute atomic E-state index is 13.5. The fraction of sp³-hybridized carbons (Fsp3) is 0.250. The number of halogens is 2. The molecule has 5 heteroatoms. The first kappa shape index (κ1) is 12.1. The Kier molecular flexibility index (Phi) is 3.76. The Morgan fingerprint density at radius 2 is 2.12 bits per heavy atom. The SMILES string of the molecule is Cc1[nH]ncc1CNCc1ccc(Cl)cc1F. The highest BCUT2D eigenvalue weighted by Crippen LogP contribution is 2.14. The second-order valence-corrected chi connectivity index (χ2v) is 4.30. The van der Waals surface area contributed by atoms with Crippen LogP contribution in [0.1, 0.15) is 16.8 Å². The molecule has 2 aromatic rings. The third-order valence-electron chi connectivity index (χ3n) is 2.58. The van der Waals surface area contributed by atoms with Crippen molar-refractivity contribution in [3.05, 3.63) is 52.1 Å². The lowest BCUT2D eigenvalue weighted by molar-refractivity contribution is 0.587. The molecule has 0 saturated carbocycles. The molecule has 0 aliphatic rings. The lowest BCUT2D eigenvalue weighted by atomic mass is 10.2. The van der Waals surface area contributed by atoms with Crippen molar-refractivity contribution in [1.29, 1.82) is 0 Å². The van der Waals surface area contributed by atoms with Crippen molar-refractivity contribution in [3.8, 4) is 0 Å². The molecule has 0 fully saturated rings. The molecule has 0 aliphatic carbocycles. The summed E-state index contributed by atoms with van der Waals surface area (Å²) in [6.45, 7) is 3.07. The zero-order valence-electron chi connectivity index (χ0n) is 9.43. The van der Waals surface area contributed by atoms with Crippen molar-refractivity contribution in [2.24, 2.45) is 0 Å². The molecule has 17 heavy (non-hydrogen) atoms. The molecular formula is C12H13ClFN3. The van der Waals surface area contributed by atoms with Crippen LogP contribution in [0.5, 0.6) is 0 Å². The number of hydrogen-bond acceptors (Lipinski definition) is 2. The van der Waals surface area contributed by atoms with Gasteiger partial charge in [0.15, 0.2) is 0 Å². The molecule has 0 spiro atoms. The quantitative estimate of drug-likeness (QED) is 0.880. The van der Waals surface area contributed by atoms with Crippen molar-refractivity contribution < 1.29 is 4.39 Å². The summed E-state index contributed by atoms with van der Waals surface area (Å²) in [6, 6.07) is 4.69. The van der Waals surface area contributed by atoms with Crippen LogP contribution >= 0.6 is 11.6 Å². The van der Waals surface area contributed by atoms with Gasteiger partial charge < -0.3 is 5.32 Å². The minimum atomic E-state index is -0.283. The van der Waals surface area contributed by atoms with Crippen LogP contribution in [-0.4, -0.2) is 10.2 Å². The molecule has 0 radical (unpaired) electrons. The highest BCUT2D eigenvalue weighted by molar-refractivity contribution is 6.30. The lowest BCUT2D eigenvalue weighted by Gasteiger charge is -2.05. The second kappa shape index (κ2) is 5.29. The van der Waals surface area contributed by atoms with E-state index in [9.17, 15) is 4.39 Å². The van der Waals surface area contributed by atoms with E-state index in [4.69, 9.17) is 11.6 Å². The molecule has 0 amide bonds. The molecule has 90 valence electrons. The molecule has 0 unspecified atom stereocenters. The van der Waals surface area contributed by atoms with Gasteiger partial charge in [0.2, 0.25) is 0 Å². The minimum absolute atomic E-state index is 0.283. The van der Waals surface area contributed by atoms with Crippen molar-refractivity contribution >= 4 is 11.6 Å². The summed E-state index contributed by atoms with van der Waals surface area (Å²) in [7, 11) is 0. The number of aromatic amines is 1. The fourth-order valence-corrected chi connectivity index (χ4v) is 1.71. The number of hydrogen-bond donors (Lipinski definition) is 2. The first-order valence-electron chi connectivity index (χ1n) is 5.30. The van der Waals surface area contributed by atoms with Crippen LogP contribution in [0.25, 0.3) is 0 Å². The summed E-state index contributed by atoms with van der Waals surface area (Å²) in [5.74, 6) is -0.283. The molecule has 3 nitrogen and oxygen atoms in total. The average Bonchev–Trinajstić information content (AvgIpc) is 2.68. The summed E-state index contributed by atoms with van der Waals surface area (Å²) in [5.41, 5.74) is 2.71. The number of benzene rings is 1. The average molecular weight is 254 g/mol. The number of rotatable bonds is 4. The van der Waals surface area contributed by atoms with Crippen LogP contribution < -0.4 is 5.32 Å². The van der Waals surface area contributed by atoms with E-state index in [2.05, 4.69) is 15.5 Å². The van der Waals surface area contributed by atoms with Crippen LogP contribution in [0.3, 0.4) is 0 Å². The molecule has 1 heterocycles. The number of aromatic nitrogens is 2. The summed E-state index contributed by atoms with van der Waals surface area (Å²) < 4.78 is 13.5. The normalized spacial score (nSPS) is 10.8. The standard InChI is InChI=1S/C12H13ClFN3/c1-8-10(7-16-17-8)6-15-5-9-2-3-11(13)4-12(9)14/h2-4,7,15H,5-6H2,1H3,(H,16,17). The minimum Gasteiger partial charge on any atom is -0.308 e. The largest absolute Gasteiger partial charge is 0.308 e. The number of H-pyrrole nitrogens is 1. The van der Waals surface area contributed by atoms with Gasteiger partial charge in [0.1, 0.15) is 5.82 Å². The molecular weight excluding hydrogens is 241 g/mol. The maximum Gasteiger partial charge on any atom is 0.129 e. The van der Waals surface area contributed by atoms with E-state index < -0.39 is 0 Å². The molecule has 0 aliphatic heterocycles. The summed E-state index contributed by atoms with van der Waals surface area (Å²) in [5, 5.41) is 10.4. The smallest absolute Gasteiger partial charge is 0.129 e. The van der Waals surface area contributed by atoms with Gasteiger partial charge in [-0.2, -0.15) is 5.10 Å². The Bertz CT molecular complexity index is 510. The van der Waals surface area contributed by atoms with Crippen molar-refractivity contribution in [2.75, 3.05) is 0 Å². The summed E-state index contributed by atoms with van der Waals surface area (Å²) in [6.07, 6.45) is 1.76. The van der Waals surface area contributed by atoms with Crippen molar-refractivity contribution in [2.45, 2.75) is 20.0 Å². The predicted molar refractivity (Wildman–Crippen MR) is 65.3 cm³/mol. The van der Waals surface area contributed by atoms with Gasteiger partial charge in [-0.3, -0.25) is 5.10 Å². The lowest BCUT2D eigenvalue weighted by Crippen LogP contribution is -2.13. The Labute approximate surface area is 104 Å².